The number of benzene rings is 2. The highest BCUT2D eigenvalue weighted by Crippen LogP contribution is 2.54. The normalized spacial score (nSPS) is 24.3. The molecule has 0 radical (unpaired) electrons. The second-order valence-corrected chi connectivity index (χ2v) is 10.7. The van der Waals surface area contributed by atoms with Gasteiger partial charge in [-0.3, -0.25) is 0 Å². The van der Waals surface area contributed by atoms with Gasteiger partial charge in [-0.15, -0.1) is 0 Å². The fourth-order valence-electron chi connectivity index (χ4n) is 5.13. The SMILES string of the molecule is CC(Oc1ccc(Cl)c(Cl)c1)c1ncc2n1C1(C=CC(F)=CC1)CC2(C)c1ccc(Cl)c(Cl)c1. The molecule has 8 heteroatoms. The molecule has 1 spiro atoms. The highest BCUT2D eigenvalue weighted by atomic mass is 35.5. The number of imidazole rings is 1. The van der Waals surface area contributed by atoms with Crippen LogP contribution in [0.3, 0.4) is 0 Å². The summed E-state index contributed by atoms with van der Waals surface area (Å²) in [7, 11) is 0. The van der Waals surface area contributed by atoms with Gasteiger partial charge in [-0.2, -0.15) is 0 Å². The van der Waals surface area contributed by atoms with Crippen LogP contribution in [0.4, 0.5) is 4.39 Å². The minimum Gasteiger partial charge on any atom is -0.483 e. The molecule has 1 aliphatic carbocycles. The Morgan fingerprint density at radius 1 is 1.03 bits per heavy atom. The van der Waals surface area contributed by atoms with E-state index in [-0.39, 0.29) is 5.83 Å². The first-order valence-corrected chi connectivity index (χ1v) is 12.3. The number of aromatic nitrogens is 2. The van der Waals surface area contributed by atoms with E-state index in [0.29, 0.717) is 38.7 Å². The minimum absolute atomic E-state index is 0.239. The lowest BCUT2D eigenvalue weighted by Gasteiger charge is -2.33. The van der Waals surface area contributed by atoms with Crippen molar-refractivity contribution in [2.45, 2.75) is 43.7 Å². The topological polar surface area (TPSA) is 27.1 Å². The molecule has 0 saturated heterocycles. The molecule has 0 saturated carbocycles. The Balaban J connectivity index is 1.61. The van der Waals surface area contributed by atoms with Crippen molar-refractivity contribution in [3.63, 3.8) is 0 Å². The van der Waals surface area contributed by atoms with Crippen LogP contribution in [0.1, 0.15) is 49.9 Å². The summed E-state index contributed by atoms with van der Waals surface area (Å²) in [5.41, 5.74) is 1.11. The molecule has 1 aliphatic heterocycles. The van der Waals surface area contributed by atoms with Crippen LogP contribution in [-0.4, -0.2) is 9.55 Å². The molecule has 0 fully saturated rings. The Bertz CT molecular complexity index is 1350. The van der Waals surface area contributed by atoms with Gasteiger partial charge in [0.25, 0.3) is 0 Å². The predicted molar refractivity (Wildman–Crippen MR) is 136 cm³/mol. The molecule has 1 aromatic heterocycles. The molecule has 2 heterocycles. The number of nitrogens with zero attached hydrogens (tertiary/aromatic N) is 2. The monoisotopic (exact) mass is 536 g/mol. The molecule has 3 nitrogen and oxygen atoms in total. The second-order valence-electron chi connectivity index (χ2n) is 9.04. The third kappa shape index (κ3) is 3.85. The van der Waals surface area contributed by atoms with E-state index in [1.165, 1.54) is 6.08 Å². The van der Waals surface area contributed by atoms with Crippen molar-refractivity contribution in [3.8, 4) is 5.75 Å². The molecular weight excluding hydrogens is 517 g/mol. The van der Waals surface area contributed by atoms with Gasteiger partial charge in [0.15, 0.2) is 11.9 Å². The molecule has 3 unspecified atom stereocenters. The van der Waals surface area contributed by atoms with Crippen molar-refractivity contribution < 1.29 is 9.13 Å². The summed E-state index contributed by atoms with van der Waals surface area (Å²) in [5, 5.41) is 1.87. The van der Waals surface area contributed by atoms with E-state index in [2.05, 4.69) is 11.5 Å². The lowest BCUT2D eigenvalue weighted by molar-refractivity contribution is 0.200. The average Bonchev–Trinajstić information content (AvgIpc) is 3.35. The minimum atomic E-state index is -0.493. The van der Waals surface area contributed by atoms with Crippen LogP contribution in [0.5, 0.6) is 5.75 Å². The maximum Gasteiger partial charge on any atom is 0.153 e. The van der Waals surface area contributed by atoms with Crippen molar-refractivity contribution in [2.75, 3.05) is 0 Å². The Morgan fingerprint density at radius 2 is 1.74 bits per heavy atom. The zero-order valence-electron chi connectivity index (χ0n) is 18.5. The molecule has 2 aliphatic rings. The summed E-state index contributed by atoms with van der Waals surface area (Å²) >= 11 is 24.8. The molecule has 0 amide bonds. The highest BCUT2D eigenvalue weighted by molar-refractivity contribution is 6.42. The first kappa shape index (κ1) is 23.7. The molecule has 2 aromatic carbocycles. The number of fused-ring (bicyclic) bond motifs is 2. The number of ether oxygens (including phenoxy) is 1. The Hall–Kier alpha value is -1.98. The van der Waals surface area contributed by atoms with Gasteiger partial charge in [-0.25, -0.2) is 9.37 Å². The van der Waals surface area contributed by atoms with Gasteiger partial charge >= 0.3 is 0 Å². The molecule has 5 rings (SSSR count). The summed E-state index contributed by atoms with van der Waals surface area (Å²) in [4.78, 5) is 4.77. The lowest BCUT2D eigenvalue weighted by atomic mass is 9.73. The molecule has 0 N–H and O–H groups in total. The van der Waals surface area contributed by atoms with E-state index in [1.54, 1.807) is 24.3 Å². The van der Waals surface area contributed by atoms with Crippen molar-refractivity contribution >= 4 is 46.4 Å². The number of allylic oxidation sites excluding steroid dienone is 4. The lowest BCUT2D eigenvalue weighted by Crippen LogP contribution is -2.32. The molecule has 3 atom stereocenters. The quantitative estimate of drug-likeness (QED) is 0.332. The average molecular weight is 538 g/mol. The van der Waals surface area contributed by atoms with Crippen molar-refractivity contribution in [1.29, 1.82) is 0 Å². The van der Waals surface area contributed by atoms with Gasteiger partial charge in [0.2, 0.25) is 0 Å². The van der Waals surface area contributed by atoms with Gasteiger partial charge in [0, 0.05) is 23.4 Å². The van der Waals surface area contributed by atoms with Crippen LogP contribution >= 0.6 is 46.4 Å². The van der Waals surface area contributed by atoms with Crippen LogP contribution in [0.15, 0.2) is 66.6 Å². The van der Waals surface area contributed by atoms with Crippen LogP contribution in [0.25, 0.3) is 0 Å². The summed E-state index contributed by atoms with van der Waals surface area (Å²) in [5.74, 6) is 1.09. The number of hydrogen-bond donors (Lipinski definition) is 0. The Morgan fingerprint density at radius 3 is 2.38 bits per heavy atom. The van der Waals surface area contributed by atoms with Gasteiger partial charge < -0.3 is 9.30 Å². The van der Waals surface area contributed by atoms with Crippen molar-refractivity contribution in [1.82, 2.24) is 9.55 Å². The highest BCUT2D eigenvalue weighted by Gasteiger charge is 2.52. The summed E-state index contributed by atoms with van der Waals surface area (Å²) < 4.78 is 22.4. The Labute approximate surface area is 217 Å². The van der Waals surface area contributed by atoms with Crippen LogP contribution in [0.2, 0.25) is 20.1 Å². The number of halogens is 5. The summed E-state index contributed by atoms with van der Waals surface area (Å²) in [6, 6.07) is 10.8. The van der Waals surface area contributed by atoms with E-state index in [1.807, 2.05) is 37.4 Å². The second kappa shape index (κ2) is 8.60. The third-order valence-corrected chi connectivity index (χ3v) is 8.27. The molecule has 176 valence electrons. The first-order chi connectivity index (χ1) is 16.1. The standard InChI is InChI=1S/C26H21Cl4FN2O/c1-15(34-18-4-6-20(28)22(30)12-18)24-32-13-23-25(2,16-3-5-19(27)21(29)11-16)14-26(33(23)24)9-7-17(31)8-10-26/h3-9,11-13,15H,10,14H2,1-2H3. The van der Waals surface area contributed by atoms with Crippen LogP contribution in [0, 0.1) is 0 Å². The van der Waals surface area contributed by atoms with Gasteiger partial charge in [-0.1, -0.05) is 58.5 Å². The van der Waals surface area contributed by atoms with Crippen molar-refractivity contribution in [3.05, 3.63) is 104 Å². The molecule has 0 bridgehead atoms. The van der Waals surface area contributed by atoms with E-state index >= 15 is 0 Å². The number of rotatable bonds is 4. The van der Waals surface area contributed by atoms with Crippen LogP contribution < -0.4 is 4.74 Å². The van der Waals surface area contributed by atoms with Crippen LogP contribution in [-0.2, 0) is 11.0 Å². The van der Waals surface area contributed by atoms with E-state index in [4.69, 9.17) is 56.1 Å². The zero-order chi connectivity index (χ0) is 24.3. The Kier molecular flexibility index (Phi) is 6.01. The fraction of sp³-hybridized carbons (Fsp3) is 0.269. The van der Waals surface area contributed by atoms with Gasteiger partial charge in [-0.05, 0) is 68.7 Å². The van der Waals surface area contributed by atoms with E-state index in [0.717, 1.165) is 17.1 Å². The molecule has 3 aromatic rings. The summed E-state index contributed by atoms with van der Waals surface area (Å²) in [6.45, 7) is 4.09. The number of hydrogen-bond acceptors (Lipinski definition) is 2. The van der Waals surface area contributed by atoms with E-state index in [9.17, 15) is 4.39 Å². The molecule has 34 heavy (non-hydrogen) atoms. The third-order valence-electron chi connectivity index (χ3n) is 6.79. The summed E-state index contributed by atoms with van der Waals surface area (Å²) in [6.07, 6.45) is 7.78. The smallest absolute Gasteiger partial charge is 0.153 e. The van der Waals surface area contributed by atoms with Crippen molar-refractivity contribution in [2.24, 2.45) is 0 Å². The van der Waals surface area contributed by atoms with Gasteiger partial charge in [0.05, 0.1) is 25.6 Å². The molecular formula is C26H21Cl4FN2O. The zero-order valence-corrected chi connectivity index (χ0v) is 21.5. The fourth-order valence-corrected chi connectivity index (χ4v) is 5.72. The predicted octanol–water partition coefficient (Wildman–Crippen LogP) is 8.85. The van der Waals surface area contributed by atoms with Gasteiger partial charge in [0.1, 0.15) is 11.6 Å². The first-order valence-electron chi connectivity index (χ1n) is 10.8. The maximum atomic E-state index is 14.0. The largest absolute Gasteiger partial charge is 0.483 e. The maximum absolute atomic E-state index is 14.0. The van der Waals surface area contributed by atoms with E-state index < -0.39 is 17.1 Å².